The summed E-state index contributed by atoms with van der Waals surface area (Å²) in [5.41, 5.74) is 1.68. The predicted molar refractivity (Wildman–Crippen MR) is 82.2 cm³/mol. The first-order chi connectivity index (χ1) is 8.93. The second-order valence-corrected chi connectivity index (χ2v) is 5.71. The Kier molecular flexibility index (Phi) is 6.16. The number of amides is 1. The molecule has 1 amide bonds. The number of benzene rings is 1. The number of carbonyl (C=O) groups excluding carboxylic acids is 1. The van der Waals surface area contributed by atoms with Crippen molar-refractivity contribution in [2.45, 2.75) is 26.3 Å². The molecule has 1 N–H and O–H groups in total. The van der Waals surface area contributed by atoms with Gasteiger partial charge in [0.05, 0.1) is 0 Å². The Morgan fingerprint density at radius 3 is 2.58 bits per heavy atom. The van der Waals surface area contributed by atoms with Crippen LogP contribution in [0.15, 0.2) is 24.3 Å². The zero-order chi connectivity index (χ0) is 14.4. The molecule has 106 valence electrons. The highest BCUT2D eigenvalue weighted by molar-refractivity contribution is 6.18. The molecule has 0 aliphatic carbocycles. The molecule has 1 rings (SSSR count). The van der Waals surface area contributed by atoms with E-state index in [0.717, 1.165) is 12.1 Å². The van der Waals surface area contributed by atoms with Crippen LogP contribution >= 0.6 is 11.6 Å². The topological polar surface area (TPSA) is 32.3 Å². The van der Waals surface area contributed by atoms with Crippen LogP contribution in [0.5, 0.6) is 0 Å². The van der Waals surface area contributed by atoms with Crippen LogP contribution in [-0.4, -0.2) is 31.9 Å². The first-order valence-electron chi connectivity index (χ1n) is 6.58. The van der Waals surface area contributed by atoms with Gasteiger partial charge in [0.15, 0.2) is 0 Å². The van der Waals surface area contributed by atoms with Crippen LogP contribution in [0.25, 0.3) is 0 Å². The average Bonchev–Trinajstić information content (AvgIpc) is 2.37. The summed E-state index contributed by atoms with van der Waals surface area (Å²) in [6, 6.07) is 7.60. The van der Waals surface area contributed by atoms with Gasteiger partial charge in [-0.2, -0.15) is 0 Å². The van der Waals surface area contributed by atoms with Gasteiger partial charge >= 0.3 is 0 Å². The Morgan fingerprint density at radius 1 is 1.37 bits per heavy atom. The summed E-state index contributed by atoms with van der Waals surface area (Å²) < 4.78 is 0. The van der Waals surface area contributed by atoms with E-state index in [1.165, 1.54) is 0 Å². The van der Waals surface area contributed by atoms with Gasteiger partial charge < -0.3 is 10.2 Å². The molecule has 3 nitrogen and oxygen atoms in total. The predicted octanol–water partition coefficient (Wildman–Crippen LogP) is 3.14. The van der Waals surface area contributed by atoms with Gasteiger partial charge in [-0.3, -0.25) is 4.79 Å². The van der Waals surface area contributed by atoms with E-state index in [1.807, 2.05) is 43.3 Å². The first kappa shape index (κ1) is 15.8. The van der Waals surface area contributed by atoms with Crippen molar-refractivity contribution in [2.24, 2.45) is 5.92 Å². The maximum Gasteiger partial charge on any atom is 0.251 e. The fourth-order valence-electron chi connectivity index (χ4n) is 1.92. The fourth-order valence-corrected chi connectivity index (χ4v) is 2.13. The summed E-state index contributed by atoms with van der Waals surface area (Å²) in [7, 11) is 3.91. The number of anilines is 1. The Balaban J connectivity index is 2.74. The van der Waals surface area contributed by atoms with E-state index in [2.05, 4.69) is 19.2 Å². The van der Waals surface area contributed by atoms with Crippen molar-refractivity contribution in [2.75, 3.05) is 24.9 Å². The van der Waals surface area contributed by atoms with Crippen LogP contribution in [0.4, 0.5) is 5.69 Å². The van der Waals surface area contributed by atoms with E-state index in [4.69, 9.17) is 11.6 Å². The number of nitrogens with one attached hydrogen (secondary N) is 1. The lowest BCUT2D eigenvalue weighted by molar-refractivity contribution is 0.0936. The minimum Gasteiger partial charge on any atom is -0.378 e. The quantitative estimate of drug-likeness (QED) is 0.813. The smallest absolute Gasteiger partial charge is 0.251 e. The number of carbonyl (C=O) groups is 1. The van der Waals surface area contributed by atoms with Crippen molar-refractivity contribution < 1.29 is 4.79 Å². The highest BCUT2D eigenvalue weighted by Gasteiger charge is 2.14. The first-order valence-corrected chi connectivity index (χ1v) is 7.11. The number of hydrogen-bond donors (Lipinski definition) is 1. The van der Waals surface area contributed by atoms with Crippen LogP contribution in [-0.2, 0) is 0 Å². The average molecular weight is 283 g/mol. The van der Waals surface area contributed by atoms with E-state index in [-0.39, 0.29) is 11.9 Å². The maximum atomic E-state index is 12.2. The van der Waals surface area contributed by atoms with Crippen molar-refractivity contribution in [3.05, 3.63) is 29.8 Å². The minimum atomic E-state index is -0.0602. The third-order valence-electron chi connectivity index (χ3n) is 2.90. The number of hydrogen-bond acceptors (Lipinski definition) is 2. The third kappa shape index (κ3) is 5.11. The molecular weight excluding hydrogens is 260 g/mol. The fraction of sp³-hybridized carbons (Fsp3) is 0.533. The number of halogens is 1. The summed E-state index contributed by atoms with van der Waals surface area (Å²) in [4.78, 5) is 14.2. The van der Waals surface area contributed by atoms with Crippen molar-refractivity contribution in [3.8, 4) is 0 Å². The summed E-state index contributed by atoms with van der Waals surface area (Å²) >= 11 is 5.90. The van der Waals surface area contributed by atoms with Gasteiger partial charge in [0.1, 0.15) is 0 Å². The molecule has 0 saturated carbocycles. The lowest BCUT2D eigenvalue weighted by Crippen LogP contribution is -2.37. The minimum absolute atomic E-state index is 0.0252. The van der Waals surface area contributed by atoms with Gasteiger partial charge in [0, 0.05) is 37.3 Å². The van der Waals surface area contributed by atoms with E-state index in [9.17, 15) is 4.79 Å². The SMILES string of the molecule is CC(C)CC(CCl)NC(=O)c1cccc(N(C)C)c1. The van der Waals surface area contributed by atoms with Crippen LogP contribution in [0.1, 0.15) is 30.6 Å². The molecule has 1 aromatic carbocycles. The molecule has 0 bridgehead atoms. The molecule has 4 heteroatoms. The van der Waals surface area contributed by atoms with Gasteiger partial charge in [0.25, 0.3) is 5.91 Å². The Labute approximate surface area is 120 Å². The second kappa shape index (κ2) is 7.39. The van der Waals surface area contributed by atoms with Gasteiger partial charge in [-0.05, 0) is 30.5 Å². The lowest BCUT2D eigenvalue weighted by Gasteiger charge is -2.19. The molecule has 0 heterocycles. The van der Waals surface area contributed by atoms with Gasteiger partial charge in [-0.25, -0.2) is 0 Å². The normalized spacial score (nSPS) is 12.3. The highest BCUT2D eigenvalue weighted by atomic mass is 35.5. The highest BCUT2D eigenvalue weighted by Crippen LogP contribution is 2.14. The maximum absolute atomic E-state index is 12.2. The molecule has 1 aromatic rings. The molecule has 0 saturated heterocycles. The van der Waals surface area contributed by atoms with E-state index in [0.29, 0.717) is 17.4 Å². The molecule has 0 aromatic heterocycles. The molecule has 0 aliphatic heterocycles. The molecule has 0 aliphatic rings. The largest absolute Gasteiger partial charge is 0.378 e. The van der Waals surface area contributed by atoms with Crippen LogP contribution in [0.3, 0.4) is 0 Å². The molecule has 19 heavy (non-hydrogen) atoms. The van der Waals surface area contributed by atoms with E-state index in [1.54, 1.807) is 0 Å². The molecule has 0 fully saturated rings. The Hall–Kier alpha value is -1.22. The van der Waals surface area contributed by atoms with Crippen LogP contribution in [0.2, 0.25) is 0 Å². The van der Waals surface area contributed by atoms with Gasteiger partial charge in [-0.15, -0.1) is 11.6 Å². The summed E-state index contributed by atoms with van der Waals surface area (Å²) in [6.07, 6.45) is 0.891. The Morgan fingerprint density at radius 2 is 2.05 bits per heavy atom. The second-order valence-electron chi connectivity index (χ2n) is 5.40. The zero-order valence-corrected chi connectivity index (χ0v) is 12.9. The standard InChI is InChI=1S/C15H23ClN2O/c1-11(2)8-13(10-16)17-15(19)12-6-5-7-14(9-12)18(3)4/h5-7,9,11,13H,8,10H2,1-4H3,(H,17,19). The van der Waals surface area contributed by atoms with E-state index < -0.39 is 0 Å². The van der Waals surface area contributed by atoms with Crippen molar-refractivity contribution in [1.29, 1.82) is 0 Å². The molecule has 1 atom stereocenters. The van der Waals surface area contributed by atoms with Crippen LogP contribution in [0, 0.1) is 5.92 Å². The number of rotatable bonds is 6. The van der Waals surface area contributed by atoms with Gasteiger partial charge in [0.2, 0.25) is 0 Å². The van der Waals surface area contributed by atoms with Crippen molar-refractivity contribution in [1.82, 2.24) is 5.32 Å². The summed E-state index contributed by atoms with van der Waals surface area (Å²) in [5, 5.41) is 2.99. The summed E-state index contributed by atoms with van der Waals surface area (Å²) in [6.45, 7) is 4.25. The van der Waals surface area contributed by atoms with Gasteiger partial charge in [-0.1, -0.05) is 19.9 Å². The zero-order valence-electron chi connectivity index (χ0n) is 12.1. The molecular formula is C15H23ClN2O. The van der Waals surface area contributed by atoms with Crippen molar-refractivity contribution in [3.63, 3.8) is 0 Å². The van der Waals surface area contributed by atoms with Crippen LogP contribution < -0.4 is 10.2 Å². The number of nitrogens with zero attached hydrogens (tertiary/aromatic N) is 1. The van der Waals surface area contributed by atoms with Crippen molar-refractivity contribution >= 4 is 23.2 Å². The van der Waals surface area contributed by atoms with E-state index >= 15 is 0 Å². The molecule has 0 spiro atoms. The molecule has 0 radical (unpaired) electrons. The lowest BCUT2D eigenvalue weighted by atomic mass is 10.0. The summed E-state index contributed by atoms with van der Waals surface area (Å²) in [5.74, 6) is 0.893. The molecule has 1 unspecified atom stereocenters. The monoisotopic (exact) mass is 282 g/mol. The Bertz CT molecular complexity index is 418. The number of alkyl halides is 1. The third-order valence-corrected chi connectivity index (χ3v) is 3.27.